The Morgan fingerprint density at radius 3 is 1.26 bits per heavy atom. The highest BCUT2D eigenvalue weighted by Gasteiger charge is 2.06. The maximum absolute atomic E-state index is 8.98. The van der Waals surface area contributed by atoms with E-state index in [1.54, 1.807) is 24.3 Å². The van der Waals surface area contributed by atoms with Crippen LogP contribution in [0.2, 0.25) is 0 Å². The van der Waals surface area contributed by atoms with Gasteiger partial charge in [0.15, 0.2) is 0 Å². The maximum atomic E-state index is 8.98. The molecule has 0 atom stereocenters. The second kappa shape index (κ2) is 11.9. The van der Waals surface area contributed by atoms with Crippen molar-refractivity contribution >= 4 is 12.2 Å². The average Bonchev–Trinajstić information content (AvgIpc) is 2.89. The molecule has 0 saturated carbocycles. The van der Waals surface area contributed by atoms with Gasteiger partial charge in [0, 0.05) is 11.1 Å². The van der Waals surface area contributed by atoms with E-state index in [9.17, 15) is 0 Å². The fraction of sp³-hybridized carbons (Fsp3) is 0.0714. The molecule has 0 aliphatic heterocycles. The zero-order valence-electron chi connectivity index (χ0n) is 18.1. The van der Waals surface area contributed by atoms with E-state index in [4.69, 9.17) is 30.5 Å². The van der Waals surface area contributed by atoms with Crippen LogP contribution in [-0.4, -0.2) is 0 Å². The number of hydrogen-bond donors (Lipinski definition) is 0. The van der Waals surface area contributed by atoms with Crippen LogP contribution in [0.1, 0.15) is 22.3 Å². The number of nitriles is 4. The topological polar surface area (TPSA) is 114 Å². The molecule has 3 aromatic rings. The summed E-state index contributed by atoms with van der Waals surface area (Å²) in [5.74, 6) is 1.16. The van der Waals surface area contributed by atoms with E-state index in [1.807, 2.05) is 72.8 Å². The molecule has 0 N–H and O–H groups in total. The van der Waals surface area contributed by atoms with Gasteiger partial charge in [-0.2, -0.15) is 21.0 Å². The van der Waals surface area contributed by atoms with Crippen LogP contribution in [-0.2, 0) is 13.2 Å². The SMILES string of the molecule is N#CC(C#N)=Cc1ccccc1OCc1ccc(COc2ccccc2C=C(C#N)C#N)cc1. The molecular formula is C28H18N4O2. The van der Waals surface area contributed by atoms with Gasteiger partial charge in [0.05, 0.1) is 0 Å². The minimum atomic E-state index is 0.00828. The highest BCUT2D eigenvalue weighted by Crippen LogP contribution is 2.24. The van der Waals surface area contributed by atoms with E-state index in [-0.39, 0.29) is 11.1 Å². The quantitative estimate of drug-likeness (QED) is 0.413. The lowest BCUT2D eigenvalue weighted by molar-refractivity contribution is 0.302. The van der Waals surface area contributed by atoms with Gasteiger partial charge in [-0.05, 0) is 35.4 Å². The van der Waals surface area contributed by atoms with Gasteiger partial charge in [0.1, 0.15) is 60.1 Å². The Kier molecular flexibility index (Phi) is 8.19. The predicted octanol–water partition coefficient (Wildman–Crippen LogP) is 5.71. The molecule has 0 amide bonds. The Morgan fingerprint density at radius 2 is 0.912 bits per heavy atom. The van der Waals surface area contributed by atoms with Gasteiger partial charge in [-0.1, -0.05) is 60.7 Å². The summed E-state index contributed by atoms with van der Waals surface area (Å²) in [6, 6.07) is 29.6. The lowest BCUT2D eigenvalue weighted by atomic mass is 10.1. The van der Waals surface area contributed by atoms with Crippen molar-refractivity contribution in [2.45, 2.75) is 13.2 Å². The lowest BCUT2D eigenvalue weighted by Crippen LogP contribution is -2.00. The largest absolute Gasteiger partial charge is 0.488 e. The van der Waals surface area contributed by atoms with Gasteiger partial charge in [-0.3, -0.25) is 0 Å². The highest BCUT2D eigenvalue weighted by molar-refractivity contribution is 5.67. The van der Waals surface area contributed by atoms with E-state index in [0.29, 0.717) is 35.8 Å². The van der Waals surface area contributed by atoms with Crippen LogP contribution in [0.3, 0.4) is 0 Å². The number of nitrogens with zero attached hydrogens (tertiary/aromatic N) is 4. The molecule has 3 aromatic carbocycles. The first kappa shape index (κ1) is 23.4. The Balaban J connectivity index is 1.64. The molecule has 0 aromatic heterocycles. The second-order valence-electron chi connectivity index (χ2n) is 7.03. The third-order valence-electron chi connectivity index (χ3n) is 4.73. The van der Waals surface area contributed by atoms with Gasteiger partial charge in [-0.25, -0.2) is 0 Å². The van der Waals surface area contributed by atoms with Crippen LogP contribution in [0.15, 0.2) is 83.9 Å². The molecule has 0 spiro atoms. The minimum Gasteiger partial charge on any atom is -0.488 e. The number of rotatable bonds is 8. The van der Waals surface area contributed by atoms with Crippen LogP contribution in [0.5, 0.6) is 11.5 Å². The van der Waals surface area contributed by atoms with E-state index in [0.717, 1.165) is 11.1 Å². The molecule has 0 saturated heterocycles. The van der Waals surface area contributed by atoms with Crippen molar-refractivity contribution in [1.29, 1.82) is 21.0 Å². The number of ether oxygens (including phenoxy) is 2. The van der Waals surface area contributed by atoms with Crippen LogP contribution < -0.4 is 9.47 Å². The zero-order chi connectivity index (χ0) is 24.2. The Morgan fingerprint density at radius 1 is 0.559 bits per heavy atom. The molecule has 6 nitrogen and oxygen atoms in total. The zero-order valence-corrected chi connectivity index (χ0v) is 18.1. The van der Waals surface area contributed by atoms with Crippen molar-refractivity contribution in [2.24, 2.45) is 0 Å². The molecule has 0 unspecified atom stereocenters. The first-order valence-corrected chi connectivity index (χ1v) is 10.2. The third kappa shape index (κ3) is 6.35. The van der Waals surface area contributed by atoms with Crippen molar-refractivity contribution in [3.63, 3.8) is 0 Å². The molecule has 34 heavy (non-hydrogen) atoms. The fourth-order valence-electron chi connectivity index (χ4n) is 3.01. The predicted molar refractivity (Wildman–Crippen MR) is 126 cm³/mol. The molecule has 0 heterocycles. The van der Waals surface area contributed by atoms with E-state index < -0.39 is 0 Å². The summed E-state index contributed by atoms with van der Waals surface area (Å²) in [7, 11) is 0. The Labute approximate surface area is 198 Å². The Bertz CT molecular complexity index is 1250. The molecule has 0 radical (unpaired) electrons. The van der Waals surface area contributed by atoms with Crippen molar-refractivity contribution in [3.05, 3.63) is 106 Å². The average molecular weight is 442 g/mol. The summed E-state index contributed by atoms with van der Waals surface area (Å²) in [6.45, 7) is 0.637. The molecule has 0 fully saturated rings. The molecule has 0 aliphatic carbocycles. The number of benzene rings is 3. The summed E-state index contributed by atoms with van der Waals surface area (Å²) in [5.41, 5.74) is 3.23. The second-order valence-corrected chi connectivity index (χ2v) is 7.03. The van der Waals surface area contributed by atoms with Gasteiger partial charge in [0.2, 0.25) is 0 Å². The number of allylic oxidation sites excluding steroid dienone is 2. The third-order valence-corrected chi connectivity index (χ3v) is 4.73. The normalized spacial score (nSPS) is 9.29. The van der Waals surface area contributed by atoms with Crippen molar-refractivity contribution in [3.8, 4) is 35.8 Å². The van der Waals surface area contributed by atoms with Gasteiger partial charge in [-0.15, -0.1) is 0 Å². The van der Waals surface area contributed by atoms with Crippen LogP contribution in [0.25, 0.3) is 12.2 Å². The fourth-order valence-corrected chi connectivity index (χ4v) is 3.01. The van der Waals surface area contributed by atoms with E-state index >= 15 is 0 Å². The summed E-state index contributed by atoms with van der Waals surface area (Å²) < 4.78 is 11.8. The smallest absolute Gasteiger partial charge is 0.130 e. The van der Waals surface area contributed by atoms with Gasteiger partial charge in [0.25, 0.3) is 0 Å². The number of para-hydroxylation sites is 2. The molecule has 0 aliphatic rings. The first-order valence-electron chi connectivity index (χ1n) is 10.2. The molecule has 0 bridgehead atoms. The van der Waals surface area contributed by atoms with Gasteiger partial charge < -0.3 is 9.47 Å². The van der Waals surface area contributed by atoms with Crippen molar-refractivity contribution in [2.75, 3.05) is 0 Å². The highest BCUT2D eigenvalue weighted by atomic mass is 16.5. The van der Waals surface area contributed by atoms with Crippen LogP contribution in [0.4, 0.5) is 0 Å². The summed E-state index contributed by atoms with van der Waals surface area (Å²) >= 11 is 0. The van der Waals surface area contributed by atoms with Crippen LogP contribution >= 0.6 is 0 Å². The molecule has 162 valence electrons. The first-order chi connectivity index (χ1) is 16.7. The monoisotopic (exact) mass is 442 g/mol. The van der Waals surface area contributed by atoms with Crippen LogP contribution in [0, 0.1) is 45.3 Å². The standard InChI is InChI=1S/C28H18N4O2/c29-15-23(16-30)13-25-5-1-3-7-27(25)33-19-21-9-11-22(12-10-21)20-34-28-8-4-2-6-26(28)14-24(17-31)18-32/h1-14H,19-20H2. The van der Waals surface area contributed by atoms with Crippen molar-refractivity contribution < 1.29 is 9.47 Å². The molecule has 6 heteroatoms. The Hall–Kier alpha value is -5.30. The number of hydrogen-bond acceptors (Lipinski definition) is 6. The van der Waals surface area contributed by atoms with E-state index in [1.165, 1.54) is 12.2 Å². The van der Waals surface area contributed by atoms with Gasteiger partial charge >= 0.3 is 0 Å². The molecule has 3 rings (SSSR count). The minimum absolute atomic E-state index is 0.00828. The summed E-state index contributed by atoms with van der Waals surface area (Å²) in [4.78, 5) is 0. The van der Waals surface area contributed by atoms with Crippen molar-refractivity contribution in [1.82, 2.24) is 0 Å². The molecular weight excluding hydrogens is 424 g/mol. The summed E-state index contributed by atoms with van der Waals surface area (Å²) in [5, 5.41) is 35.9. The van der Waals surface area contributed by atoms with E-state index in [2.05, 4.69) is 0 Å². The summed E-state index contributed by atoms with van der Waals surface area (Å²) in [6.07, 6.45) is 3.00. The maximum Gasteiger partial charge on any atom is 0.130 e. The lowest BCUT2D eigenvalue weighted by Gasteiger charge is -2.11.